The molecule has 2 aromatic heterocycles. The highest BCUT2D eigenvalue weighted by molar-refractivity contribution is 6.12. The zero-order chi connectivity index (χ0) is 36.7. The molecule has 0 saturated heterocycles. The van der Waals surface area contributed by atoms with Crippen LogP contribution in [-0.4, -0.2) is 9.13 Å². The van der Waals surface area contributed by atoms with Gasteiger partial charge in [0.05, 0.1) is 61.8 Å². The molecule has 52 heavy (non-hydrogen) atoms. The summed E-state index contributed by atoms with van der Waals surface area (Å²) in [6, 6.07) is 28.7. The van der Waals surface area contributed by atoms with E-state index in [-0.39, 0.29) is 49.9 Å². The molecule has 6 aromatic carbocycles. The maximum absolute atomic E-state index is 15.2. The van der Waals surface area contributed by atoms with Crippen LogP contribution in [0.25, 0.3) is 66.1 Å². The Bertz CT molecular complexity index is 2770. The molecule has 2 heterocycles. The number of para-hydroxylation sites is 2. The number of alkyl halides is 9. The number of rotatable bonds is 3. The Morgan fingerprint density at radius 2 is 0.942 bits per heavy atom. The number of nitrogens with zero attached hydrogens (tertiary/aromatic N) is 3. The third-order valence-electron chi connectivity index (χ3n) is 9.22. The Labute approximate surface area is 288 Å². The summed E-state index contributed by atoms with van der Waals surface area (Å²) in [5.41, 5.74) is -2.14. The second-order valence-electron chi connectivity index (χ2n) is 12.2. The quantitative estimate of drug-likeness (QED) is 0.168. The molecule has 8 rings (SSSR count). The number of hydrogen-bond donors (Lipinski definition) is 0. The first-order valence-corrected chi connectivity index (χ1v) is 15.6. The summed E-state index contributed by atoms with van der Waals surface area (Å²) >= 11 is 0. The number of aromatic nitrogens is 2. The van der Waals surface area contributed by atoms with Gasteiger partial charge in [-0.1, -0.05) is 42.5 Å². The highest BCUT2D eigenvalue weighted by Gasteiger charge is 2.37. The lowest BCUT2D eigenvalue weighted by atomic mass is 9.93. The maximum Gasteiger partial charge on any atom is 0.417 e. The zero-order valence-electron chi connectivity index (χ0n) is 26.3. The molecule has 0 aliphatic heterocycles. The van der Waals surface area contributed by atoms with Gasteiger partial charge in [-0.15, -0.1) is 0 Å². The van der Waals surface area contributed by atoms with Crippen molar-refractivity contribution in [2.45, 2.75) is 18.5 Å². The number of hydrogen-bond acceptors (Lipinski definition) is 1. The number of benzene rings is 6. The average Bonchev–Trinajstić information content (AvgIpc) is 3.62. The first-order chi connectivity index (χ1) is 24.7. The molecule has 0 atom stereocenters. The Kier molecular flexibility index (Phi) is 7.22. The van der Waals surface area contributed by atoms with E-state index in [2.05, 4.69) is 0 Å². The van der Waals surface area contributed by atoms with Crippen LogP contribution in [-0.2, 0) is 18.5 Å². The van der Waals surface area contributed by atoms with Gasteiger partial charge in [0.1, 0.15) is 0 Å². The molecule has 0 unspecified atom stereocenters. The molecule has 0 fully saturated rings. The molecule has 258 valence electrons. The van der Waals surface area contributed by atoms with Gasteiger partial charge in [0.2, 0.25) is 0 Å². The van der Waals surface area contributed by atoms with Crippen molar-refractivity contribution in [3.63, 3.8) is 0 Å². The van der Waals surface area contributed by atoms with Gasteiger partial charge in [-0.25, -0.2) is 0 Å². The van der Waals surface area contributed by atoms with Gasteiger partial charge in [0.15, 0.2) is 0 Å². The molecule has 0 N–H and O–H groups in total. The van der Waals surface area contributed by atoms with Crippen molar-refractivity contribution in [2.75, 3.05) is 0 Å². The van der Waals surface area contributed by atoms with Gasteiger partial charge < -0.3 is 9.13 Å². The minimum absolute atomic E-state index is 0.00107. The highest BCUT2D eigenvalue weighted by Crippen LogP contribution is 2.47. The second-order valence-corrected chi connectivity index (χ2v) is 12.2. The zero-order valence-corrected chi connectivity index (χ0v) is 26.3. The summed E-state index contributed by atoms with van der Waals surface area (Å²) in [4.78, 5) is 0. The molecule has 8 aromatic rings. The molecule has 0 spiro atoms. The van der Waals surface area contributed by atoms with Crippen molar-refractivity contribution < 1.29 is 39.5 Å². The monoisotopic (exact) mass is 713 g/mol. The Morgan fingerprint density at radius 3 is 1.44 bits per heavy atom. The smallest absolute Gasteiger partial charge is 0.309 e. The van der Waals surface area contributed by atoms with E-state index in [1.165, 1.54) is 47.0 Å². The van der Waals surface area contributed by atoms with Crippen molar-refractivity contribution in [1.29, 1.82) is 5.26 Å². The van der Waals surface area contributed by atoms with Crippen LogP contribution in [0.15, 0.2) is 121 Å². The lowest BCUT2D eigenvalue weighted by molar-refractivity contribution is -0.138. The van der Waals surface area contributed by atoms with Gasteiger partial charge in [0.25, 0.3) is 0 Å². The third-order valence-corrected chi connectivity index (χ3v) is 9.22. The van der Waals surface area contributed by atoms with E-state index in [4.69, 9.17) is 0 Å². The fourth-order valence-electron chi connectivity index (χ4n) is 7.06. The molecule has 0 bridgehead atoms. The second kappa shape index (κ2) is 11.4. The molecule has 0 radical (unpaired) electrons. The first-order valence-electron chi connectivity index (χ1n) is 15.6. The van der Waals surface area contributed by atoms with Crippen LogP contribution < -0.4 is 0 Å². The first kappa shape index (κ1) is 33.0. The number of fused-ring (bicyclic) bond motifs is 6. The maximum atomic E-state index is 15.2. The molecular weight excluding hydrogens is 693 g/mol. The highest BCUT2D eigenvalue weighted by atomic mass is 19.4. The number of halogens is 9. The van der Waals surface area contributed by atoms with Crippen molar-refractivity contribution in [1.82, 2.24) is 9.13 Å². The summed E-state index contributed by atoms with van der Waals surface area (Å²) in [7, 11) is 0. The molecule has 12 heteroatoms. The summed E-state index contributed by atoms with van der Waals surface area (Å²) in [5.74, 6) is 0. The van der Waals surface area contributed by atoms with E-state index < -0.39 is 35.2 Å². The van der Waals surface area contributed by atoms with Crippen molar-refractivity contribution >= 4 is 43.6 Å². The van der Waals surface area contributed by atoms with E-state index in [0.717, 1.165) is 30.3 Å². The van der Waals surface area contributed by atoms with Gasteiger partial charge >= 0.3 is 18.5 Å². The molecule has 0 aliphatic rings. The predicted octanol–water partition coefficient (Wildman–Crippen LogP) is 12.5. The summed E-state index contributed by atoms with van der Waals surface area (Å²) < 4.78 is 132. The van der Waals surface area contributed by atoms with Gasteiger partial charge in [0, 0.05) is 32.7 Å². The predicted molar refractivity (Wildman–Crippen MR) is 180 cm³/mol. The van der Waals surface area contributed by atoms with Crippen LogP contribution in [0.2, 0.25) is 0 Å². The normalized spacial score (nSPS) is 12.7. The third kappa shape index (κ3) is 5.15. The largest absolute Gasteiger partial charge is 0.417 e. The summed E-state index contributed by atoms with van der Waals surface area (Å²) in [5, 5.41) is 11.1. The molecule has 0 amide bonds. The fraction of sp³-hybridized carbons (Fsp3) is 0.0750. The van der Waals surface area contributed by atoms with E-state index >= 15 is 13.2 Å². The minimum Gasteiger partial charge on any atom is -0.309 e. The van der Waals surface area contributed by atoms with Crippen molar-refractivity contribution in [3.8, 4) is 28.6 Å². The van der Waals surface area contributed by atoms with Crippen molar-refractivity contribution in [2.24, 2.45) is 0 Å². The Hall–Kier alpha value is -6.22. The van der Waals surface area contributed by atoms with E-state index in [9.17, 15) is 31.6 Å². The minimum atomic E-state index is -4.96. The molecule has 0 aliphatic carbocycles. The Balaban J connectivity index is 1.52. The number of nitriles is 1. The molecular formula is C40H20F9N3. The van der Waals surface area contributed by atoms with Crippen LogP contribution in [0.5, 0.6) is 0 Å². The van der Waals surface area contributed by atoms with E-state index in [0.29, 0.717) is 21.8 Å². The van der Waals surface area contributed by atoms with E-state index in [1.807, 2.05) is 6.07 Å². The Morgan fingerprint density at radius 1 is 0.442 bits per heavy atom. The molecule has 3 nitrogen and oxygen atoms in total. The fourth-order valence-corrected chi connectivity index (χ4v) is 7.06. The van der Waals surface area contributed by atoms with Crippen LogP contribution >= 0.6 is 0 Å². The van der Waals surface area contributed by atoms with Crippen molar-refractivity contribution in [3.05, 3.63) is 144 Å². The molecule has 0 saturated carbocycles. The van der Waals surface area contributed by atoms with Crippen LogP contribution in [0, 0.1) is 11.3 Å². The van der Waals surface area contributed by atoms with E-state index in [1.54, 1.807) is 53.1 Å². The lowest BCUT2D eigenvalue weighted by Crippen LogP contribution is -2.11. The lowest BCUT2D eigenvalue weighted by Gasteiger charge is -2.22. The van der Waals surface area contributed by atoms with Gasteiger partial charge in [-0.2, -0.15) is 44.8 Å². The van der Waals surface area contributed by atoms with Crippen LogP contribution in [0.1, 0.15) is 22.3 Å². The standard InChI is InChI=1S/C40H20F9N3/c41-38(42,43)23-13-16-33-27(19-23)25-6-1-3-9-31(25)51(33)35-15-12-22(21-50)18-29(35)37-30(40(47,48)49)8-5-11-36(37)52-32-10-4-2-7-26(32)28-20-24(39(44,45)46)14-17-34(28)52/h1-20H. The topological polar surface area (TPSA) is 33.6 Å². The van der Waals surface area contributed by atoms with Gasteiger partial charge in [-0.05, 0) is 78.9 Å². The van der Waals surface area contributed by atoms with Crippen LogP contribution in [0.3, 0.4) is 0 Å². The average molecular weight is 714 g/mol. The van der Waals surface area contributed by atoms with Crippen LogP contribution in [0.4, 0.5) is 39.5 Å². The summed E-state index contributed by atoms with van der Waals surface area (Å²) in [6.07, 6.45) is -14.3. The SMILES string of the molecule is N#Cc1ccc(-n2c3ccccc3c3cc(C(F)(F)F)ccc32)c(-c2c(-n3c4ccccc4c4cc(C(F)(F)F)ccc43)cccc2C(F)(F)F)c1. The summed E-state index contributed by atoms with van der Waals surface area (Å²) in [6.45, 7) is 0. The van der Waals surface area contributed by atoms with Gasteiger partial charge in [-0.3, -0.25) is 0 Å².